The Morgan fingerprint density at radius 1 is 0.880 bits per heavy atom. The predicted molar refractivity (Wildman–Crippen MR) is 96.1 cm³/mol. The number of carbonyl (C=O) groups excluding carboxylic acids is 1. The van der Waals surface area contributed by atoms with Gasteiger partial charge in [0.1, 0.15) is 11.5 Å². The molecule has 0 amide bonds. The van der Waals surface area contributed by atoms with E-state index in [1.165, 1.54) is 24.3 Å². The van der Waals surface area contributed by atoms with Crippen LogP contribution in [-0.2, 0) is 0 Å². The van der Waals surface area contributed by atoms with Crippen LogP contribution >= 0.6 is 0 Å². The summed E-state index contributed by atoms with van der Waals surface area (Å²) < 4.78 is 5.56. The van der Waals surface area contributed by atoms with E-state index >= 15 is 0 Å². The van der Waals surface area contributed by atoms with Gasteiger partial charge < -0.3 is 14.9 Å². The summed E-state index contributed by atoms with van der Waals surface area (Å²) >= 11 is 0. The fraction of sp³-hybridized carbons (Fsp3) is 0. The van der Waals surface area contributed by atoms with E-state index in [9.17, 15) is 15.0 Å². The van der Waals surface area contributed by atoms with Crippen LogP contribution in [0.3, 0.4) is 0 Å². The van der Waals surface area contributed by atoms with E-state index in [0.717, 1.165) is 5.56 Å². The molecular formula is C21H16O4. The van der Waals surface area contributed by atoms with Crippen LogP contribution < -0.4 is 4.74 Å². The minimum atomic E-state index is -0.141. The van der Waals surface area contributed by atoms with E-state index in [1.54, 1.807) is 30.3 Å². The second-order valence-corrected chi connectivity index (χ2v) is 5.39. The first-order chi connectivity index (χ1) is 12.1. The lowest BCUT2D eigenvalue weighted by molar-refractivity contribution is 0.104. The highest BCUT2D eigenvalue weighted by molar-refractivity contribution is 6.06. The Morgan fingerprint density at radius 2 is 1.60 bits per heavy atom. The molecular weight excluding hydrogens is 316 g/mol. The van der Waals surface area contributed by atoms with Crippen LogP contribution in [0.4, 0.5) is 0 Å². The average molecular weight is 332 g/mol. The highest BCUT2D eigenvalue weighted by Crippen LogP contribution is 2.33. The van der Waals surface area contributed by atoms with Gasteiger partial charge in [0.05, 0.1) is 0 Å². The molecule has 0 bridgehead atoms. The number of allylic oxidation sites excluding steroid dienone is 1. The van der Waals surface area contributed by atoms with Crippen LogP contribution in [0, 0.1) is 0 Å². The molecule has 0 radical (unpaired) electrons. The Balaban J connectivity index is 1.68. The number of phenols is 2. The van der Waals surface area contributed by atoms with Gasteiger partial charge in [0, 0.05) is 11.6 Å². The summed E-state index contributed by atoms with van der Waals surface area (Å²) in [6.45, 7) is 0. The van der Waals surface area contributed by atoms with E-state index in [1.807, 2.05) is 30.3 Å². The van der Waals surface area contributed by atoms with Crippen molar-refractivity contribution < 1.29 is 19.7 Å². The Kier molecular flexibility index (Phi) is 4.81. The van der Waals surface area contributed by atoms with Gasteiger partial charge >= 0.3 is 0 Å². The molecule has 0 aliphatic heterocycles. The number of hydrogen-bond acceptors (Lipinski definition) is 4. The quantitative estimate of drug-likeness (QED) is 0.521. The molecule has 0 fully saturated rings. The van der Waals surface area contributed by atoms with Crippen molar-refractivity contribution in [1.82, 2.24) is 0 Å². The Hall–Kier alpha value is -3.53. The SMILES string of the molecule is O=C(C=Cc1ccc(Oc2ccc(O)cc2O)cc1)c1ccccc1. The van der Waals surface area contributed by atoms with Gasteiger partial charge in [-0.1, -0.05) is 48.5 Å². The first-order valence-corrected chi connectivity index (χ1v) is 7.69. The number of ketones is 1. The molecule has 0 aromatic heterocycles. The van der Waals surface area contributed by atoms with E-state index in [4.69, 9.17) is 4.74 Å². The maximum absolute atomic E-state index is 12.0. The number of rotatable bonds is 5. The van der Waals surface area contributed by atoms with Crippen molar-refractivity contribution in [3.05, 3.63) is 90.0 Å². The Labute approximate surface area is 145 Å². The summed E-state index contributed by atoms with van der Waals surface area (Å²) in [6.07, 6.45) is 3.26. The molecule has 3 rings (SSSR count). The van der Waals surface area contributed by atoms with Crippen molar-refractivity contribution in [2.45, 2.75) is 0 Å². The molecule has 0 aliphatic carbocycles. The third-order valence-electron chi connectivity index (χ3n) is 3.54. The average Bonchev–Trinajstić information content (AvgIpc) is 2.64. The van der Waals surface area contributed by atoms with Crippen LogP contribution in [-0.4, -0.2) is 16.0 Å². The third-order valence-corrected chi connectivity index (χ3v) is 3.54. The van der Waals surface area contributed by atoms with Crippen LogP contribution in [0.15, 0.2) is 78.9 Å². The minimum absolute atomic E-state index is 0.0339. The standard InChI is InChI=1S/C21H16O4/c22-17-9-13-21(20(24)14-17)25-18-10-6-15(7-11-18)8-12-19(23)16-4-2-1-3-5-16/h1-14,22,24H. The van der Waals surface area contributed by atoms with Gasteiger partial charge in [0.2, 0.25) is 0 Å². The van der Waals surface area contributed by atoms with Gasteiger partial charge in [0.25, 0.3) is 0 Å². The zero-order chi connectivity index (χ0) is 17.6. The lowest BCUT2D eigenvalue weighted by Gasteiger charge is -2.08. The molecule has 0 unspecified atom stereocenters. The van der Waals surface area contributed by atoms with Crippen molar-refractivity contribution in [3.8, 4) is 23.0 Å². The minimum Gasteiger partial charge on any atom is -0.508 e. The number of phenolic OH excluding ortho intramolecular Hbond substituents is 2. The van der Waals surface area contributed by atoms with E-state index in [-0.39, 0.29) is 23.0 Å². The summed E-state index contributed by atoms with van der Waals surface area (Å²) in [6, 6.07) is 20.3. The molecule has 0 saturated carbocycles. The monoisotopic (exact) mass is 332 g/mol. The van der Waals surface area contributed by atoms with Crippen LogP contribution in [0.2, 0.25) is 0 Å². The highest BCUT2D eigenvalue weighted by Gasteiger charge is 2.05. The van der Waals surface area contributed by atoms with Gasteiger partial charge in [-0.15, -0.1) is 0 Å². The number of hydrogen-bond donors (Lipinski definition) is 2. The zero-order valence-electron chi connectivity index (χ0n) is 13.3. The molecule has 0 aliphatic rings. The number of aromatic hydroxyl groups is 2. The maximum atomic E-state index is 12.0. The molecule has 25 heavy (non-hydrogen) atoms. The lowest BCUT2D eigenvalue weighted by Crippen LogP contribution is -1.92. The van der Waals surface area contributed by atoms with Gasteiger partial charge in [-0.05, 0) is 35.9 Å². The summed E-state index contributed by atoms with van der Waals surface area (Å²) in [7, 11) is 0. The largest absolute Gasteiger partial charge is 0.508 e. The lowest BCUT2D eigenvalue weighted by atomic mass is 10.1. The number of ether oxygens (including phenoxy) is 1. The normalized spacial score (nSPS) is 10.7. The van der Waals surface area contributed by atoms with Gasteiger partial charge in [0.15, 0.2) is 17.3 Å². The third kappa shape index (κ3) is 4.26. The van der Waals surface area contributed by atoms with E-state index in [2.05, 4.69) is 0 Å². The van der Waals surface area contributed by atoms with Gasteiger partial charge in [-0.25, -0.2) is 0 Å². The van der Waals surface area contributed by atoms with Gasteiger partial charge in [-0.2, -0.15) is 0 Å². The Bertz CT molecular complexity index is 897. The first-order valence-electron chi connectivity index (χ1n) is 7.69. The smallest absolute Gasteiger partial charge is 0.185 e. The van der Waals surface area contributed by atoms with Crippen molar-refractivity contribution >= 4 is 11.9 Å². The molecule has 0 spiro atoms. The van der Waals surface area contributed by atoms with E-state index < -0.39 is 0 Å². The molecule has 0 atom stereocenters. The topological polar surface area (TPSA) is 66.8 Å². The fourth-order valence-corrected chi connectivity index (χ4v) is 2.24. The second-order valence-electron chi connectivity index (χ2n) is 5.39. The van der Waals surface area contributed by atoms with E-state index in [0.29, 0.717) is 11.3 Å². The summed E-state index contributed by atoms with van der Waals surface area (Å²) in [5.41, 5.74) is 1.49. The van der Waals surface area contributed by atoms with Crippen LogP contribution in [0.25, 0.3) is 6.08 Å². The molecule has 2 N–H and O–H groups in total. The van der Waals surface area contributed by atoms with Crippen molar-refractivity contribution in [1.29, 1.82) is 0 Å². The first kappa shape index (κ1) is 16.3. The number of benzene rings is 3. The summed E-state index contributed by atoms with van der Waals surface area (Å²) in [4.78, 5) is 12.0. The van der Waals surface area contributed by atoms with Crippen LogP contribution in [0.5, 0.6) is 23.0 Å². The van der Waals surface area contributed by atoms with Crippen molar-refractivity contribution in [2.75, 3.05) is 0 Å². The molecule has 124 valence electrons. The molecule has 0 heterocycles. The van der Waals surface area contributed by atoms with Crippen LogP contribution in [0.1, 0.15) is 15.9 Å². The summed E-state index contributed by atoms with van der Waals surface area (Å²) in [5.74, 6) is 0.550. The molecule has 3 aromatic rings. The maximum Gasteiger partial charge on any atom is 0.185 e. The number of carbonyl (C=O) groups is 1. The Morgan fingerprint density at radius 3 is 2.28 bits per heavy atom. The van der Waals surface area contributed by atoms with Crippen molar-refractivity contribution in [2.24, 2.45) is 0 Å². The summed E-state index contributed by atoms with van der Waals surface area (Å²) in [5, 5.41) is 19.0. The fourth-order valence-electron chi connectivity index (χ4n) is 2.24. The van der Waals surface area contributed by atoms with Gasteiger partial charge in [-0.3, -0.25) is 4.79 Å². The highest BCUT2D eigenvalue weighted by atomic mass is 16.5. The molecule has 0 saturated heterocycles. The molecule has 4 nitrogen and oxygen atoms in total. The molecule has 3 aromatic carbocycles. The predicted octanol–water partition coefficient (Wildman–Crippen LogP) is 4.79. The molecule has 4 heteroatoms. The second kappa shape index (κ2) is 7.36. The zero-order valence-corrected chi connectivity index (χ0v) is 13.3. The van der Waals surface area contributed by atoms with Crippen molar-refractivity contribution in [3.63, 3.8) is 0 Å².